The van der Waals surface area contributed by atoms with Crippen molar-refractivity contribution in [1.82, 2.24) is 0 Å². The van der Waals surface area contributed by atoms with Gasteiger partial charge in [-0.15, -0.1) is 0 Å². The third-order valence-corrected chi connectivity index (χ3v) is 3.76. The largest absolute Gasteiger partial charge is 0.289 e. The van der Waals surface area contributed by atoms with Crippen molar-refractivity contribution in [2.75, 3.05) is 0 Å². The molecule has 0 saturated heterocycles. The van der Waals surface area contributed by atoms with E-state index in [4.69, 9.17) is 0 Å². The molecule has 0 amide bonds. The van der Waals surface area contributed by atoms with Gasteiger partial charge in [0, 0.05) is 23.3 Å². The average Bonchev–Trinajstić information content (AvgIpc) is 2.67. The van der Waals surface area contributed by atoms with Crippen LogP contribution in [0.4, 0.5) is 5.69 Å². The highest BCUT2D eigenvalue weighted by molar-refractivity contribution is 6.09. The van der Waals surface area contributed by atoms with Gasteiger partial charge in [0.05, 0.1) is 4.92 Å². The number of carbonyl (C=O) groups is 1. The number of benzene rings is 3. The summed E-state index contributed by atoms with van der Waals surface area (Å²) in [4.78, 5) is 22.7. The first-order chi connectivity index (χ1) is 12.1. The summed E-state index contributed by atoms with van der Waals surface area (Å²) in [7, 11) is 0. The molecular weight excluding hydrogens is 314 g/mol. The van der Waals surface area contributed by atoms with Crippen LogP contribution in [0.25, 0.3) is 12.2 Å². The van der Waals surface area contributed by atoms with Gasteiger partial charge in [-0.05, 0) is 11.1 Å². The Morgan fingerprint density at radius 2 is 1.40 bits per heavy atom. The molecule has 3 aromatic carbocycles. The number of nitro benzene ring substituents is 1. The summed E-state index contributed by atoms with van der Waals surface area (Å²) in [6.07, 6.45) is 3.66. The van der Waals surface area contributed by atoms with Crippen LogP contribution in [-0.2, 0) is 0 Å². The fourth-order valence-electron chi connectivity index (χ4n) is 2.44. The Kier molecular flexibility index (Phi) is 4.81. The monoisotopic (exact) mass is 329 g/mol. The van der Waals surface area contributed by atoms with Crippen LogP contribution in [0.2, 0.25) is 0 Å². The maximum atomic E-state index is 12.4. The summed E-state index contributed by atoms with van der Waals surface area (Å²) in [6.45, 7) is 0. The van der Waals surface area contributed by atoms with Crippen LogP contribution in [0.3, 0.4) is 0 Å². The molecule has 3 aromatic rings. The molecule has 122 valence electrons. The molecule has 0 unspecified atom stereocenters. The lowest BCUT2D eigenvalue weighted by Gasteiger charge is -2.02. The van der Waals surface area contributed by atoms with Crippen LogP contribution >= 0.6 is 0 Å². The van der Waals surface area contributed by atoms with E-state index in [1.54, 1.807) is 42.5 Å². The number of non-ortho nitro benzene ring substituents is 1. The lowest BCUT2D eigenvalue weighted by Crippen LogP contribution is -2.00. The second-order valence-corrected chi connectivity index (χ2v) is 5.50. The van der Waals surface area contributed by atoms with Crippen LogP contribution in [0.15, 0.2) is 78.9 Å². The summed E-state index contributed by atoms with van der Waals surface area (Å²) >= 11 is 0. The highest BCUT2D eigenvalue weighted by atomic mass is 16.6. The van der Waals surface area contributed by atoms with E-state index in [9.17, 15) is 14.9 Å². The summed E-state index contributed by atoms with van der Waals surface area (Å²) in [5.41, 5.74) is 3.00. The minimum Gasteiger partial charge on any atom is -0.289 e. The molecule has 0 fully saturated rings. The molecule has 0 saturated carbocycles. The first-order valence-electron chi connectivity index (χ1n) is 7.76. The Morgan fingerprint density at radius 3 is 2.08 bits per heavy atom. The van der Waals surface area contributed by atoms with Crippen LogP contribution in [0.1, 0.15) is 27.0 Å². The van der Waals surface area contributed by atoms with Crippen molar-refractivity contribution < 1.29 is 9.72 Å². The van der Waals surface area contributed by atoms with Gasteiger partial charge in [0.2, 0.25) is 0 Å². The quantitative estimate of drug-likeness (QED) is 0.286. The number of nitrogens with zero attached hydrogens (tertiary/aromatic N) is 1. The molecule has 0 N–H and O–H groups in total. The van der Waals surface area contributed by atoms with Gasteiger partial charge in [-0.1, -0.05) is 78.9 Å². The molecule has 0 aliphatic heterocycles. The number of rotatable bonds is 5. The van der Waals surface area contributed by atoms with E-state index in [0.29, 0.717) is 11.1 Å². The van der Waals surface area contributed by atoms with Gasteiger partial charge in [0.1, 0.15) is 0 Å². The zero-order valence-corrected chi connectivity index (χ0v) is 13.3. The minimum atomic E-state index is -0.415. The number of nitro groups is 1. The zero-order chi connectivity index (χ0) is 17.6. The maximum absolute atomic E-state index is 12.4. The van der Waals surface area contributed by atoms with E-state index in [1.165, 1.54) is 12.1 Å². The third-order valence-electron chi connectivity index (χ3n) is 3.76. The van der Waals surface area contributed by atoms with Crippen LogP contribution in [0, 0.1) is 10.1 Å². The Labute approximate surface area is 145 Å². The van der Waals surface area contributed by atoms with Crippen LogP contribution in [-0.4, -0.2) is 10.7 Å². The first kappa shape index (κ1) is 16.3. The molecule has 4 heteroatoms. The predicted molar refractivity (Wildman–Crippen MR) is 98.3 cm³/mol. The summed E-state index contributed by atoms with van der Waals surface area (Å²) in [5.74, 6) is -0.0187. The highest BCUT2D eigenvalue weighted by Crippen LogP contribution is 2.16. The van der Waals surface area contributed by atoms with Gasteiger partial charge in [-0.3, -0.25) is 14.9 Å². The van der Waals surface area contributed by atoms with E-state index in [2.05, 4.69) is 0 Å². The molecule has 0 aliphatic carbocycles. The SMILES string of the molecule is O=C(c1ccccc1)c1ccc(/C=C/c2cccc([N+](=O)[O-])c2)cc1. The van der Waals surface area contributed by atoms with Crippen molar-refractivity contribution in [1.29, 1.82) is 0 Å². The molecule has 0 aliphatic rings. The standard InChI is InChI=1S/C21H15NO3/c23-21(18-6-2-1-3-7-18)19-13-11-16(12-14-19)9-10-17-5-4-8-20(15-17)22(24)25/h1-15H/b10-9+. The number of carbonyl (C=O) groups excluding carboxylic acids is 1. The maximum Gasteiger partial charge on any atom is 0.270 e. The van der Waals surface area contributed by atoms with Gasteiger partial charge in [0.25, 0.3) is 5.69 Å². The Balaban J connectivity index is 1.76. The first-order valence-corrected chi connectivity index (χ1v) is 7.76. The van der Waals surface area contributed by atoms with Crippen molar-refractivity contribution in [3.63, 3.8) is 0 Å². The molecule has 0 radical (unpaired) electrons. The predicted octanol–water partition coefficient (Wildman–Crippen LogP) is 5.00. The number of hydrogen-bond donors (Lipinski definition) is 0. The van der Waals surface area contributed by atoms with Gasteiger partial charge < -0.3 is 0 Å². The Bertz CT molecular complexity index is 929. The van der Waals surface area contributed by atoms with Gasteiger partial charge in [-0.2, -0.15) is 0 Å². The summed E-state index contributed by atoms with van der Waals surface area (Å²) in [5, 5.41) is 10.8. The number of hydrogen-bond acceptors (Lipinski definition) is 3. The normalized spacial score (nSPS) is 10.7. The van der Waals surface area contributed by atoms with Crippen LogP contribution in [0.5, 0.6) is 0 Å². The molecule has 25 heavy (non-hydrogen) atoms. The van der Waals surface area contributed by atoms with E-state index in [1.807, 2.05) is 36.4 Å². The minimum absolute atomic E-state index is 0.0187. The van der Waals surface area contributed by atoms with Crippen molar-refractivity contribution >= 4 is 23.6 Å². The zero-order valence-electron chi connectivity index (χ0n) is 13.3. The lowest BCUT2D eigenvalue weighted by molar-refractivity contribution is -0.384. The van der Waals surface area contributed by atoms with Crippen molar-refractivity contribution in [2.45, 2.75) is 0 Å². The van der Waals surface area contributed by atoms with Crippen molar-refractivity contribution in [2.24, 2.45) is 0 Å². The highest BCUT2D eigenvalue weighted by Gasteiger charge is 2.07. The third kappa shape index (κ3) is 4.06. The smallest absolute Gasteiger partial charge is 0.270 e. The van der Waals surface area contributed by atoms with Crippen molar-refractivity contribution in [3.05, 3.63) is 111 Å². The van der Waals surface area contributed by atoms with Gasteiger partial charge in [-0.25, -0.2) is 0 Å². The molecular formula is C21H15NO3. The van der Waals surface area contributed by atoms with E-state index in [0.717, 1.165) is 11.1 Å². The Morgan fingerprint density at radius 1 is 0.760 bits per heavy atom. The molecule has 0 spiro atoms. The van der Waals surface area contributed by atoms with E-state index in [-0.39, 0.29) is 11.5 Å². The molecule has 0 aromatic heterocycles. The van der Waals surface area contributed by atoms with Gasteiger partial charge >= 0.3 is 0 Å². The number of ketones is 1. The molecule has 0 heterocycles. The fraction of sp³-hybridized carbons (Fsp3) is 0. The second-order valence-electron chi connectivity index (χ2n) is 5.50. The van der Waals surface area contributed by atoms with E-state index < -0.39 is 4.92 Å². The molecule has 4 nitrogen and oxygen atoms in total. The Hall–Kier alpha value is -3.53. The van der Waals surface area contributed by atoms with Gasteiger partial charge in [0.15, 0.2) is 5.78 Å². The van der Waals surface area contributed by atoms with E-state index >= 15 is 0 Å². The molecule has 3 rings (SSSR count). The fourth-order valence-corrected chi connectivity index (χ4v) is 2.44. The summed E-state index contributed by atoms with van der Waals surface area (Å²) < 4.78 is 0. The topological polar surface area (TPSA) is 60.2 Å². The molecule has 0 bridgehead atoms. The second kappa shape index (κ2) is 7.36. The van der Waals surface area contributed by atoms with Crippen molar-refractivity contribution in [3.8, 4) is 0 Å². The lowest BCUT2D eigenvalue weighted by atomic mass is 10.0. The summed E-state index contributed by atoms with van der Waals surface area (Å²) in [6, 6.07) is 22.8. The van der Waals surface area contributed by atoms with Crippen LogP contribution < -0.4 is 0 Å². The molecule has 0 atom stereocenters. The average molecular weight is 329 g/mol.